The van der Waals surface area contributed by atoms with Crippen LogP contribution >= 0.6 is 11.6 Å². The molecule has 0 unspecified atom stereocenters. The molecule has 4 aromatic rings. The molecule has 0 radical (unpaired) electrons. The molecule has 3 aromatic carbocycles. The normalized spacial score (nSPS) is 13.7. The van der Waals surface area contributed by atoms with Crippen LogP contribution in [0.3, 0.4) is 0 Å². The molecule has 5 rings (SSSR count). The monoisotopic (exact) mass is 491 g/mol. The van der Waals surface area contributed by atoms with Crippen molar-refractivity contribution in [2.24, 2.45) is 0 Å². The zero-order chi connectivity index (χ0) is 24.5. The van der Waals surface area contributed by atoms with E-state index in [4.69, 9.17) is 16.6 Å². The van der Waals surface area contributed by atoms with Gasteiger partial charge in [-0.2, -0.15) is 0 Å². The Bertz CT molecular complexity index is 1380. The molecule has 0 saturated carbocycles. The first-order valence-corrected chi connectivity index (χ1v) is 11.9. The lowest BCUT2D eigenvalue weighted by Gasteiger charge is -2.30. The molecular weight excluding hydrogens is 468 g/mol. The Morgan fingerprint density at radius 2 is 1.60 bits per heavy atom. The van der Waals surface area contributed by atoms with Crippen molar-refractivity contribution < 1.29 is 8.78 Å². The fourth-order valence-corrected chi connectivity index (χ4v) is 4.98. The smallest absolute Gasteiger partial charge is 0.259 e. The van der Waals surface area contributed by atoms with Crippen molar-refractivity contribution in [2.45, 2.75) is 32.5 Å². The van der Waals surface area contributed by atoms with Gasteiger partial charge in [-0.25, -0.2) is 13.8 Å². The second kappa shape index (κ2) is 9.72. The molecule has 0 bridgehead atoms. The van der Waals surface area contributed by atoms with Crippen molar-refractivity contribution in [3.63, 3.8) is 0 Å². The summed E-state index contributed by atoms with van der Waals surface area (Å²) in [6.07, 6.45) is 0.525. The molecule has 0 spiro atoms. The summed E-state index contributed by atoms with van der Waals surface area (Å²) in [4.78, 5) is 20.6. The van der Waals surface area contributed by atoms with Gasteiger partial charge in [0.1, 0.15) is 17.5 Å². The highest BCUT2D eigenvalue weighted by molar-refractivity contribution is 6.30. The van der Waals surface area contributed by atoms with E-state index in [-0.39, 0.29) is 35.3 Å². The van der Waals surface area contributed by atoms with E-state index in [2.05, 4.69) is 0 Å². The van der Waals surface area contributed by atoms with Crippen LogP contribution in [0, 0.1) is 18.6 Å². The van der Waals surface area contributed by atoms with Crippen molar-refractivity contribution >= 4 is 11.6 Å². The maximum absolute atomic E-state index is 14.5. The number of fused-ring (bicyclic) bond motifs is 1. The fourth-order valence-electron chi connectivity index (χ4n) is 4.80. The van der Waals surface area contributed by atoms with E-state index in [1.54, 1.807) is 4.57 Å². The third-order valence-electron chi connectivity index (χ3n) is 6.53. The number of hydrogen-bond acceptors (Lipinski definition) is 3. The second-order valence-electron chi connectivity index (χ2n) is 8.77. The van der Waals surface area contributed by atoms with Gasteiger partial charge in [-0.1, -0.05) is 72.3 Å². The maximum atomic E-state index is 14.5. The minimum absolute atomic E-state index is 0.0196. The average Bonchev–Trinajstić information content (AvgIpc) is 2.88. The predicted molar refractivity (Wildman–Crippen MR) is 133 cm³/mol. The number of nitrogens with zero attached hydrogens (tertiary/aromatic N) is 3. The molecule has 0 amide bonds. The molecule has 2 heterocycles. The highest BCUT2D eigenvalue weighted by Gasteiger charge is 2.28. The minimum atomic E-state index is -0.759. The van der Waals surface area contributed by atoms with Crippen LogP contribution in [0.4, 0.5) is 8.78 Å². The SMILES string of the molecule is Cc1nc2c(c(=O)n1C(c1ccccc1)c1ccccc1)CN(Cc1c(F)ccc(Cl)c1F)CC2. The third-order valence-corrected chi connectivity index (χ3v) is 6.82. The van der Waals surface area contributed by atoms with E-state index in [0.29, 0.717) is 24.4 Å². The summed E-state index contributed by atoms with van der Waals surface area (Å²) in [6.45, 7) is 2.66. The van der Waals surface area contributed by atoms with Gasteiger partial charge in [-0.3, -0.25) is 14.3 Å². The summed E-state index contributed by atoms with van der Waals surface area (Å²) in [6, 6.07) is 21.7. The molecule has 0 fully saturated rings. The van der Waals surface area contributed by atoms with Gasteiger partial charge < -0.3 is 0 Å². The first-order valence-electron chi connectivity index (χ1n) is 11.5. The Morgan fingerprint density at radius 1 is 0.971 bits per heavy atom. The lowest BCUT2D eigenvalue weighted by atomic mass is 9.97. The Balaban J connectivity index is 1.57. The Hall–Kier alpha value is -3.35. The summed E-state index contributed by atoms with van der Waals surface area (Å²) in [5.74, 6) is -0.776. The van der Waals surface area contributed by atoms with Crippen LogP contribution in [0.15, 0.2) is 77.6 Å². The van der Waals surface area contributed by atoms with Crippen LogP contribution in [0.1, 0.15) is 39.8 Å². The van der Waals surface area contributed by atoms with Gasteiger partial charge in [0.05, 0.1) is 22.3 Å². The van der Waals surface area contributed by atoms with Crippen LogP contribution < -0.4 is 5.56 Å². The molecule has 0 N–H and O–H groups in total. The van der Waals surface area contributed by atoms with Gasteiger partial charge >= 0.3 is 0 Å². The molecule has 35 heavy (non-hydrogen) atoms. The highest BCUT2D eigenvalue weighted by atomic mass is 35.5. The van der Waals surface area contributed by atoms with Gasteiger partial charge in [0.25, 0.3) is 5.56 Å². The van der Waals surface area contributed by atoms with Crippen LogP contribution in [0.5, 0.6) is 0 Å². The van der Waals surface area contributed by atoms with Crippen LogP contribution in [0.25, 0.3) is 0 Å². The highest BCUT2D eigenvalue weighted by Crippen LogP contribution is 2.28. The van der Waals surface area contributed by atoms with E-state index < -0.39 is 11.6 Å². The molecule has 4 nitrogen and oxygen atoms in total. The van der Waals surface area contributed by atoms with Crippen LogP contribution in [-0.4, -0.2) is 21.0 Å². The largest absolute Gasteiger partial charge is 0.294 e. The molecule has 7 heteroatoms. The second-order valence-corrected chi connectivity index (χ2v) is 9.17. The van der Waals surface area contributed by atoms with Crippen LogP contribution in [0.2, 0.25) is 5.02 Å². The third kappa shape index (κ3) is 4.51. The topological polar surface area (TPSA) is 38.1 Å². The Labute approximate surface area is 207 Å². The molecular formula is C28H24ClF2N3O. The molecule has 1 aliphatic heterocycles. The van der Waals surface area contributed by atoms with E-state index in [0.717, 1.165) is 16.8 Å². The first kappa shape index (κ1) is 23.4. The molecule has 1 aliphatic rings. The quantitative estimate of drug-likeness (QED) is 0.337. The van der Waals surface area contributed by atoms with Gasteiger partial charge in [-0.05, 0) is 30.2 Å². The number of aryl methyl sites for hydroxylation is 1. The van der Waals surface area contributed by atoms with E-state index in [1.165, 1.54) is 12.1 Å². The first-order chi connectivity index (χ1) is 16.9. The summed E-state index contributed by atoms with van der Waals surface area (Å²) >= 11 is 5.88. The standard InChI is InChI=1S/C28H24ClF2N3O/c1-18-32-25-14-15-33(16-21-24(30)13-12-23(29)26(21)31)17-22(25)28(35)34(18)27(19-8-4-2-5-9-19)20-10-6-3-7-11-20/h2-13,27H,14-17H2,1H3. The number of rotatable bonds is 5. The van der Waals surface area contributed by atoms with Gasteiger partial charge in [0.15, 0.2) is 0 Å². The molecule has 0 saturated heterocycles. The lowest BCUT2D eigenvalue weighted by Crippen LogP contribution is -2.40. The van der Waals surface area contributed by atoms with Gasteiger partial charge in [0, 0.05) is 31.6 Å². The molecule has 0 atom stereocenters. The van der Waals surface area contributed by atoms with Crippen molar-refractivity contribution in [1.82, 2.24) is 14.5 Å². The number of hydrogen-bond donors (Lipinski definition) is 0. The van der Waals surface area contributed by atoms with Crippen molar-refractivity contribution in [3.05, 3.63) is 134 Å². The predicted octanol–water partition coefficient (Wildman–Crippen LogP) is 5.68. The van der Waals surface area contributed by atoms with Crippen molar-refractivity contribution in [2.75, 3.05) is 6.54 Å². The summed E-state index contributed by atoms with van der Waals surface area (Å²) in [5, 5.41) is -0.118. The number of benzene rings is 3. The number of aromatic nitrogens is 2. The molecule has 1 aromatic heterocycles. The summed E-state index contributed by atoms with van der Waals surface area (Å²) in [7, 11) is 0. The minimum Gasteiger partial charge on any atom is -0.294 e. The van der Waals surface area contributed by atoms with E-state index in [1.807, 2.05) is 72.5 Å². The molecule has 0 aliphatic carbocycles. The van der Waals surface area contributed by atoms with E-state index >= 15 is 0 Å². The molecule has 178 valence electrons. The lowest BCUT2D eigenvalue weighted by molar-refractivity contribution is 0.233. The zero-order valence-corrected chi connectivity index (χ0v) is 20.0. The Morgan fingerprint density at radius 3 is 2.23 bits per heavy atom. The summed E-state index contributed by atoms with van der Waals surface area (Å²) < 4.78 is 30.6. The van der Waals surface area contributed by atoms with Gasteiger partial charge in [-0.15, -0.1) is 0 Å². The maximum Gasteiger partial charge on any atom is 0.259 e. The zero-order valence-electron chi connectivity index (χ0n) is 19.2. The van der Waals surface area contributed by atoms with E-state index in [9.17, 15) is 13.6 Å². The van der Waals surface area contributed by atoms with Gasteiger partial charge in [0.2, 0.25) is 0 Å². The Kier molecular flexibility index (Phi) is 6.50. The average molecular weight is 492 g/mol. The van der Waals surface area contributed by atoms with Crippen molar-refractivity contribution in [3.8, 4) is 0 Å². The fraction of sp³-hybridized carbons (Fsp3) is 0.214. The number of halogens is 3. The van der Waals surface area contributed by atoms with Crippen LogP contribution in [-0.2, 0) is 19.5 Å². The summed E-state index contributed by atoms with van der Waals surface area (Å²) in [5.41, 5.74) is 3.02. The van der Waals surface area contributed by atoms with Crippen molar-refractivity contribution in [1.29, 1.82) is 0 Å².